The van der Waals surface area contributed by atoms with Crippen molar-refractivity contribution in [2.45, 2.75) is 39.2 Å². The Kier molecular flexibility index (Phi) is 8.67. The molecule has 8 heteroatoms. The number of aryl methyl sites for hydroxylation is 1. The number of halogens is 1. The minimum Gasteiger partial charge on any atom is -0.355 e. The summed E-state index contributed by atoms with van der Waals surface area (Å²) in [6, 6.07) is 0. The zero-order valence-electron chi connectivity index (χ0n) is 15.7. The molecule has 1 aliphatic carbocycles. The molecule has 1 saturated carbocycles. The van der Waals surface area contributed by atoms with Gasteiger partial charge in [0.05, 0.1) is 18.2 Å². The second-order valence-electron chi connectivity index (χ2n) is 6.82. The maximum absolute atomic E-state index is 12.6. The Bertz CT molecular complexity index is 577. The molecule has 0 saturated heterocycles. The second kappa shape index (κ2) is 9.98. The largest absolute Gasteiger partial charge is 0.355 e. The van der Waals surface area contributed by atoms with Gasteiger partial charge in [0.1, 0.15) is 0 Å². The van der Waals surface area contributed by atoms with Crippen LogP contribution < -0.4 is 10.6 Å². The standard InChI is InChI=1S/C17H30N6O.HI/c1-14-11-21-23(12-14)10-9-19-16(18-2)20-13-17(7-5-6-8-17)15(24)22(3)4;/h11-12H,5-10,13H2,1-4H3,(H2,18,19,20);1H. The number of carbonyl (C=O) groups is 1. The topological polar surface area (TPSA) is 74.5 Å². The quantitative estimate of drug-likeness (QED) is 0.383. The van der Waals surface area contributed by atoms with Gasteiger partial charge in [0.15, 0.2) is 5.96 Å². The maximum Gasteiger partial charge on any atom is 0.230 e. The predicted molar refractivity (Wildman–Crippen MR) is 111 cm³/mol. The second-order valence-corrected chi connectivity index (χ2v) is 6.82. The van der Waals surface area contributed by atoms with Crippen LogP contribution >= 0.6 is 24.0 Å². The van der Waals surface area contributed by atoms with Gasteiger partial charge in [-0.05, 0) is 25.3 Å². The van der Waals surface area contributed by atoms with Crippen molar-refractivity contribution < 1.29 is 4.79 Å². The molecule has 0 spiro atoms. The van der Waals surface area contributed by atoms with Crippen LogP contribution in [-0.2, 0) is 11.3 Å². The third kappa shape index (κ3) is 5.86. The van der Waals surface area contributed by atoms with E-state index < -0.39 is 0 Å². The van der Waals surface area contributed by atoms with E-state index in [4.69, 9.17) is 0 Å². The van der Waals surface area contributed by atoms with Crippen LogP contribution in [-0.4, -0.2) is 60.8 Å². The van der Waals surface area contributed by atoms with Crippen LogP contribution in [0.2, 0.25) is 0 Å². The number of hydrogen-bond acceptors (Lipinski definition) is 3. The van der Waals surface area contributed by atoms with Crippen LogP contribution in [0.25, 0.3) is 0 Å². The number of nitrogens with zero attached hydrogens (tertiary/aromatic N) is 4. The number of amides is 1. The first-order valence-electron chi connectivity index (χ1n) is 8.62. The predicted octanol–water partition coefficient (Wildman–Crippen LogP) is 1.62. The van der Waals surface area contributed by atoms with E-state index in [1.165, 1.54) is 0 Å². The lowest BCUT2D eigenvalue weighted by Crippen LogP contribution is -2.49. The summed E-state index contributed by atoms with van der Waals surface area (Å²) in [5, 5.41) is 10.9. The Morgan fingerprint density at radius 3 is 2.56 bits per heavy atom. The summed E-state index contributed by atoms with van der Waals surface area (Å²) in [7, 11) is 5.42. The van der Waals surface area contributed by atoms with E-state index in [1.54, 1.807) is 11.9 Å². The van der Waals surface area contributed by atoms with Gasteiger partial charge in [0.2, 0.25) is 5.91 Å². The average Bonchev–Trinajstić information content (AvgIpc) is 3.19. The lowest BCUT2D eigenvalue weighted by Gasteiger charge is -2.31. The van der Waals surface area contributed by atoms with E-state index in [9.17, 15) is 4.79 Å². The van der Waals surface area contributed by atoms with Gasteiger partial charge >= 0.3 is 0 Å². The highest BCUT2D eigenvalue weighted by molar-refractivity contribution is 14.0. The third-order valence-corrected chi connectivity index (χ3v) is 4.63. The molecule has 7 nitrogen and oxygen atoms in total. The summed E-state index contributed by atoms with van der Waals surface area (Å²) in [4.78, 5) is 18.6. The summed E-state index contributed by atoms with van der Waals surface area (Å²) in [6.45, 7) is 4.16. The van der Waals surface area contributed by atoms with Crippen molar-refractivity contribution in [1.29, 1.82) is 0 Å². The summed E-state index contributed by atoms with van der Waals surface area (Å²) < 4.78 is 1.91. The number of guanidine groups is 1. The highest BCUT2D eigenvalue weighted by Gasteiger charge is 2.42. The molecule has 1 aromatic heterocycles. The first-order chi connectivity index (χ1) is 11.5. The molecular formula is C17H31IN6O. The van der Waals surface area contributed by atoms with Gasteiger partial charge in [-0.15, -0.1) is 24.0 Å². The molecule has 0 bridgehead atoms. The SMILES string of the molecule is CN=C(NCCn1cc(C)cn1)NCC1(C(=O)N(C)C)CCCC1.I. The Morgan fingerprint density at radius 2 is 2.04 bits per heavy atom. The van der Waals surface area contributed by atoms with Gasteiger partial charge in [-0.3, -0.25) is 14.5 Å². The van der Waals surface area contributed by atoms with Crippen molar-refractivity contribution in [2.24, 2.45) is 10.4 Å². The van der Waals surface area contributed by atoms with E-state index in [0.717, 1.165) is 50.3 Å². The fraction of sp³-hybridized carbons (Fsp3) is 0.706. The smallest absolute Gasteiger partial charge is 0.230 e. The zero-order chi connectivity index (χ0) is 17.6. The molecule has 0 radical (unpaired) electrons. The van der Waals surface area contributed by atoms with Gasteiger partial charge in [-0.2, -0.15) is 5.10 Å². The van der Waals surface area contributed by atoms with E-state index in [0.29, 0.717) is 6.54 Å². The molecule has 1 heterocycles. The number of nitrogens with one attached hydrogen (secondary N) is 2. The molecule has 2 N–H and O–H groups in total. The van der Waals surface area contributed by atoms with E-state index >= 15 is 0 Å². The Hall–Kier alpha value is -1.32. The van der Waals surface area contributed by atoms with Gasteiger partial charge in [-0.25, -0.2) is 0 Å². The average molecular weight is 462 g/mol. The monoisotopic (exact) mass is 462 g/mol. The van der Waals surface area contributed by atoms with E-state index in [-0.39, 0.29) is 35.3 Å². The van der Waals surface area contributed by atoms with Crippen LogP contribution in [0.3, 0.4) is 0 Å². The van der Waals surface area contributed by atoms with Crippen molar-refractivity contribution in [3.63, 3.8) is 0 Å². The van der Waals surface area contributed by atoms with Gasteiger partial charge in [-0.1, -0.05) is 12.8 Å². The summed E-state index contributed by atoms with van der Waals surface area (Å²) in [5.74, 6) is 0.951. The zero-order valence-corrected chi connectivity index (χ0v) is 18.0. The lowest BCUT2D eigenvalue weighted by molar-refractivity contribution is -0.138. The van der Waals surface area contributed by atoms with Crippen LogP contribution in [0.1, 0.15) is 31.2 Å². The molecular weight excluding hydrogens is 431 g/mol. The molecule has 0 aliphatic heterocycles. The molecule has 1 aliphatic rings. The van der Waals surface area contributed by atoms with Gasteiger partial charge < -0.3 is 15.5 Å². The summed E-state index contributed by atoms with van der Waals surface area (Å²) >= 11 is 0. The van der Waals surface area contributed by atoms with Crippen molar-refractivity contribution in [1.82, 2.24) is 25.3 Å². The van der Waals surface area contributed by atoms with Crippen LogP contribution in [0, 0.1) is 12.3 Å². The molecule has 25 heavy (non-hydrogen) atoms. The molecule has 0 unspecified atom stereocenters. The minimum atomic E-state index is -0.291. The molecule has 0 atom stereocenters. The van der Waals surface area contributed by atoms with E-state index in [2.05, 4.69) is 20.7 Å². The van der Waals surface area contributed by atoms with Crippen molar-refractivity contribution in [2.75, 3.05) is 34.2 Å². The maximum atomic E-state index is 12.6. The Morgan fingerprint density at radius 1 is 1.36 bits per heavy atom. The number of aromatic nitrogens is 2. The molecule has 0 aromatic carbocycles. The highest BCUT2D eigenvalue weighted by atomic mass is 127. The number of carbonyl (C=O) groups excluding carboxylic acids is 1. The van der Waals surface area contributed by atoms with E-state index in [1.807, 2.05) is 38.1 Å². The lowest BCUT2D eigenvalue weighted by atomic mass is 9.84. The third-order valence-electron chi connectivity index (χ3n) is 4.63. The number of aliphatic imine (C=N–C) groups is 1. The molecule has 1 amide bonds. The first-order valence-corrected chi connectivity index (χ1v) is 8.62. The van der Waals surface area contributed by atoms with Crippen LogP contribution in [0.15, 0.2) is 17.4 Å². The van der Waals surface area contributed by atoms with Gasteiger partial charge in [0.25, 0.3) is 0 Å². The minimum absolute atomic E-state index is 0. The number of rotatable bonds is 6. The fourth-order valence-electron chi connectivity index (χ4n) is 3.34. The Labute approximate surface area is 167 Å². The highest BCUT2D eigenvalue weighted by Crippen LogP contribution is 2.38. The van der Waals surface area contributed by atoms with Crippen molar-refractivity contribution >= 4 is 35.8 Å². The number of hydrogen-bond donors (Lipinski definition) is 2. The summed E-state index contributed by atoms with van der Waals surface area (Å²) in [5.41, 5.74) is 0.864. The Balaban J connectivity index is 0.00000312. The molecule has 2 rings (SSSR count). The molecule has 142 valence electrons. The van der Waals surface area contributed by atoms with Crippen molar-refractivity contribution in [3.05, 3.63) is 18.0 Å². The van der Waals surface area contributed by atoms with Crippen molar-refractivity contribution in [3.8, 4) is 0 Å². The normalized spacial score (nSPS) is 16.2. The molecule has 1 aromatic rings. The van der Waals surface area contributed by atoms with Gasteiger partial charge in [0, 0.05) is 40.4 Å². The fourth-order valence-corrected chi connectivity index (χ4v) is 3.34. The molecule has 1 fully saturated rings. The first kappa shape index (κ1) is 21.7. The van der Waals surface area contributed by atoms with Crippen LogP contribution in [0.5, 0.6) is 0 Å². The van der Waals surface area contributed by atoms with Crippen LogP contribution in [0.4, 0.5) is 0 Å². The summed E-state index contributed by atoms with van der Waals surface area (Å²) in [6.07, 6.45) is 7.99.